The maximum absolute atomic E-state index is 9.69. The quantitative estimate of drug-likeness (QED) is 0.768. The van der Waals surface area contributed by atoms with E-state index in [2.05, 4.69) is 10.3 Å². The number of aromatic nitrogens is 1. The first-order valence-electron chi connectivity index (χ1n) is 5.06. The van der Waals surface area contributed by atoms with Crippen molar-refractivity contribution in [2.45, 2.75) is 38.3 Å². The number of aliphatic hydroxyl groups excluding tert-OH is 1. The van der Waals surface area contributed by atoms with Crippen LogP contribution in [0.25, 0.3) is 0 Å². The summed E-state index contributed by atoms with van der Waals surface area (Å²) >= 11 is 1.64. The standard InChI is InChI=1S/C10H16N2OS/c1-7-12-9(6-14-7)4-10(13)5-11-8-2-3-8/h6,8,10-11,13H,2-5H2,1H3. The molecule has 1 fully saturated rings. The summed E-state index contributed by atoms with van der Waals surface area (Å²) in [6, 6.07) is 0.668. The highest BCUT2D eigenvalue weighted by atomic mass is 32.1. The van der Waals surface area contributed by atoms with Crippen LogP contribution in [0.5, 0.6) is 0 Å². The molecule has 0 aromatic carbocycles. The van der Waals surface area contributed by atoms with Crippen LogP contribution in [0.4, 0.5) is 0 Å². The first kappa shape index (κ1) is 10.1. The molecule has 1 atom stereocenters. The van der Waals surface area contributed by atoms with Crippen molar-refractivity contribution in [1.29, 1.82) is 0 Å². The first-order chi connectivity index (χ1) is 6.74. The van der Waals surface area contributed by atoms with E-state index < -0.39 is 0 Å². The number of hydrogen-bond donors (Lipinski definition) is 2. The van der Waals surface area contributed by atoms with E-state index >= 15 is 0 Å². The zero-order valence-corrected chi connectivity index (χ0v) is 9.18. The maximum atomic E-state index is 9.69. The van der Waals surface area contributed by atoms with E-state index in [4.69, 9.17) is 0 Å². The first-order valence-corrected chi connectivity index (χ1v) is 5.94. The van der Waals surface area contributed by atoms with Crippen LogP contribution in [0.1, 0.15) is 23.5 Å². The molecule has 2 rings (SSSR count). The summed E-state index contributed by atoms with van der Waals surface area (Å²) in [5.74, 6) is 0. The monoisotopic (exact) mass is 212 g/mol. The molecule has 1 aromatic heterocycles. The minimum Gasteiger partial charge on any atom is -0.391 e. The van der Waals surface area contributed by atoms with Crippen LogP contribution in [0.2, 0.25) is 0 Å². The molecular formula is C10H16N2OS. The van der Waals surface area contributed by atoms with Gasteiger partial charge in [0.2, 0.25) is 0 Å². The number of nitrogens with zero attached hydrogens (tertiary/aromatic N) is 1. The second-order valence-electron chi connectivity index (χ2n) is 3.90. The molecule has 78 valence electrons. The lowest BCUT2D eigenvalue weighted by molar-refractivity contribution is 0.170. The van der Waals surface area contributed by atoms with Gasteiger partial charge in [0, 0.05) is 24.4 Å². The maximum Gasteiger partial charge on any atom is 0.0897 e. The third-order valence-corrected chi connectivity index (χ3v) is 3.15. The van der Waals surface area contributed by atoms with Gasteiger partial charge in [0.15, 0.2) is 0 Å². The smallest absolute Gasteiger partial charge is 0.0897 e. The van der Waals surface area contributed by atoms with Crippen molar-refractivity contribution in [2.24, 2.45) is 0 Å². The molecule has 3 nitrogen and oxygen atoms in total. The summed E-state index contributed by atoms with van der Waals surface area (Å²) in [4.78, 5) is 4.32. The van der Waals surface area contributed by atoms with E-state index in [0.29, 0.717) is 19.0 Å². The van der Waals surface area contributed by atoms with Gasteiger partial charge in [0.05, 0.1) is 16.8 Å². The molecule has 1 unspecified atom stereocenters. The second kappa shape index (κ2) is 4.38. The molecule has 1 aliphatic carbocycles. The van der Waals surface area contributed by atoms with Crippen molar-refractivity contribution in [1.82, 2.24) is 10.3 Å². The Morgan fingerprint density at radius 2 is 2.50 bits per heavy atom. The van der Waals surface area contributed by atoms with Gasteiger partial charge in [-0.05, 0) is 19.8 Å². The molecule has 2 N–H and O–H groups in total. The lowest BCUT2D eigenvalue weighted by atomic mass is 10.2. The Bertz CT molecular complexity index is 296. The Morgan fingerprint density at radius 1 is 1.71 bits per heavy atom. The summed E-state index contributed by atoms with van der Waals surface area (Å²) in [6.45, 7) is 2.68. The van der Waals surface area contributed by atoms with Gasteiger partial charge in [0.1, 0.15) is 0 Å². The van der Waals surface area contributed by atoms with E-state index in [1.54, 1.807) is 11.3 Å². The fourth-order valence-corrected chi connectivity index (χ4v) is 2.03. The van der Waals surface area contributed by atoms with Crippen molar-refractivity contribution in [2.75, 3.05) is 6.54 Å². The molecule has 0 radical (unpaired) electrons. The largest absolute Gasteiger partial charge is 0.391 e. The minimum absolute atomic E-state index is 0.294. The molecule has 0 bridgehead atoms. The van der Waals surface area contributed by atoms with Gasteiger partial charge in [-0.25, -0.2) is 4.98 Å². The van der Waals surface area contributed by atoms with Crippen LogP contribution in [0.3, 0.4) is 0 Å². The number of rotatable bonds is 5. The van der Waals surface area contributed by atoms with E-state index in [0.717, 1.165) is 10.7 Å². The predicted molar refractivity (Wildman–Crippen MR) is 57.6 cm³/mol. The van der Waals surface area contributed by atoms with Crippen molar-refractivity contribution < 1.29 is 5.11 Å². The summed E-state index contributed by atoms with van der Waals surface area (Å²) in [5, 5.41) is 16.1. The summed E-state index contributed by atoms with van der Waals surface area (Å²) in [6.07, 6.45) is 2.91. The molecule has 0 aliphatic heterocycles. The number of aryl methyl sites for hydroxylation is 1. The molecule has 0 amide bonds. The second-order valence-corrected chi connectivity index (χ2v) is 4.96. The van der Waals surface area contributed by atoms with Crippen LogP contribution in [0.15, 0.2) is 5.38 Å². The van der Waals surface area contributed by atoms with Crippen LogP contribution in [-0.2, 0) is 6.42 Å². The Kier molecular flexibility index (Phi) is 3.15. The van der Waals surface area contributed by atoms with Crippen LogP contribution >= 0.6 is 11.3 Å². The van der Waals surface area contributed by atoms with Gasteiger partial charge in [-0.15, -0.1) is 11.3 Å². The third kappa shape index (κ3) is 3.04. The van der Waals surface area contributed by atoms with Crippen LogP contribution in [0, 0.1) is 6.92 Å². The average molecular weight is 212 g/mol. The van der Waals surface area contributed by atoms with E-state index in [-0.39, 0.29) is 6.10 Å². The van der Waals surface area contributed by atoms with Crippen LogP contribution in [-0.4, -0.2) is 28.8 Å². The highest BCUT2D eigenvalue weighted by Gasteiger charge is 2.21. The van der Waals surface area contributed by atoms with Crippen molar-refractivity contribution in [3.8, 4) is 0 Å². The van der Waals surface area contributed by atoms with Gasteiger partial charge in [0.25, 0.3) is 0 Å². The van der Waals surface area contributed by atoms with Crippen molar-refractivity contribution in [3.05, 3.63) is 16.1 Å². The fraction of sp³-hybridized carbons (Fsp3) is 0.700. The van der Waals surface area contributed by atoms with Crippen molar-refractivity contribution >= 4 is 11.3 Å². The Balaban J connectivity index is 1.72. The molecule has 14 heavy (non-hydrogen) atoms. The summed E-state index contributed by atoms with van der Waals surface area (Å²) in [7, 11) is 0. The topological polar surface area (TPSA) is 45.2 Å². The summed E-state index contributed by atoms with van der Waals surface area (Å²) < 4.78 is 0. The van der Waals surface area contributed by atoms with E-state index in [9.17, 15) is 5.11 Å². The van der Waals surface area contributed by atoms with Crippen LogP contribution < -0.4 is 5.32 Å². The number of hydrogen-bond acceptors (Lipinski definition) is 4. The lowest BCUT2D eigenvalue weighted by Gasteiger charge is -2.09. The molecule has 0 saturated heterocycles. The normalized spacial score (nSPS) is 18.4. The number of aliphatic hydroxyl groups is 1. The zero-order valence-electron chi connectivity index (χ0n) is 8.36. The zero-order chi connectivity index (χ0) is 9.97. The average Bonchev–Trinajstić information content (AvgIpc) is 2.88. The number of nitrogens with one attached hydrogen (secondary N) is 1. The molecule has 1 heterocycles. The van der Waals surface area contributed by atoms with E-state index in [1.807, 2.05) is 12.3 Å². The molecular weight excluding hydrogens is 196 g/mol. The van der Waals surface area contributed by atoms with Crippen molar-refractivity contribution in [3.63, 3.8) is 0 Å². The van der Waals surface area contributed by atoms with E-state index in [1.165, 1.54) is 12.8 Å². The van der Waals surface area contributed by atoms with Gasteiger partial charge in [-0.2, -0.15) is 0 Å². The summed E-state index contributed by atoms with van der Waals surface area (Å²) in [5.41, 5.74) is 1.01. The van der Waals surface area contributed by atoms with Gasteiger partial charge < -0.3 is 10.4 Å². The van der Waals surface area contributed by atoms with Gasteiger partial charge >= 0.3 is 0 Å². The molecule has 0 spiro atoms. The lowest BCUT2D eigenvalue weighted by Crippen LogP contribution is -2.29. The molecule has 1 aliphatic rings. The highest BCUT2D eigenvalue weighted by Crippen LogP contribution is 2.18. The Labute approximate surface area is 88.2 Å². The molecule has 1 saturated carbocycles. The fourth-order valence-electron chi connectivity index (χ4n) is 1.41. The minimum atomic E-state index is -0.294. The Morgan fingerprint density at radius 3 is 3.07 bits per heavy atom. The highest BCUT2D eigenvalue weighted by molar-refractivity contribution is 7.09. The predicted octanol–water partition coefficient (Wildman–Crippen LogP) is 1.11. The molecule has 1 aromatic rings. The molecule has 4 heteroatoms. The number of thiazole rings is 1. The Hall–Kier alpha value is -0.450. The SMILES string of the molecule is Cc1nc(CC(O)CNC2CC2)cs1. The third-order valence-electron chi connectivity index (χ3n) is 2.33. The van der Waals surface area contributed by atoms with Gasteiger partial charge in [-0.3, -0.25) is 0 Å². The van der Waals surface area contributed by atoms with Gasteiger partial charge in [-0.1, -0.05) is 0 Å².